The van der Waals surface area contributed by atoms with Crippen LogP contribution in [0.4, 0.5) is 8.78 Å². The molecule has 0 spiro atoms. The molecule has 1 aromatic carbocycles. The fourth-order valence-corrected chi connectivity index (χ4v) is 4.80. The molecule has 0 aliphatic carbocycles. The van der Waals surface area contributed by atoms with Crippen molar-refractivity contribution < 1.29 is 25.6 Å². The highest BCUT2D eigenvalue weighted by Gasteiger charge is 2.45. The van der Waals surface area contributed by atoms with E-state index in [1.807, 2.05) is 0 Å². The molecule has 10 heteroatoms. The molecule has 1 aromatic rings. The maximum atomic E-state index is 13.9. The van der Waals surface area contributed by atoms with Gasteiger partial charge in [-0.2, -0.15) is 4.31 Å². The summed E-state index contributed by atoms with van der Waals surface area (Å²) >= 11 is 0. The van der Waals surface area contributed by atoms with Crippen LogP contribution in [0.1, 0.15) is 38.8 Å². The minimum atomic E-state index is -4.17. The highest BCUT2D eigenvalue weighted by Crippen LogP contribution is 2.39. The van der Waals surface area contributed by atoms with E-state index in [-0.39, 0.29) is 18.5 Å². The number of hydrogen-bond acceptors (Lipinski definition) is 4. The topological polar surface area (TPSA) is 97.5 Å². The summed E-state index contributed by atoms with van der Waals surface area (Å²) in [6.45, 7) is 4.08. The van der Waals surface area contributed by atoms with Crippen LogP contribution in [-0.2, 0) is 20.0 Å². The summed E-state index contributed by atoms with van der Waals surface area (Å²) in [5.41, 5.74) is 0.0620. The predicted octanol–water partition coefficient (Wildman–Crippen LogP) is 1.69. The van der Waals surface area contributed by atoms with E-state index in [0.29, 0.717) is 0 Å². The van der Waals surface area contributed by atoms with Crippen molar-refractivity contribution in [3.05, 3.63) is 29.6 Å². The molecule has 1 aliphatic rings. The Balaban J connectivity index is 2.56. The van der Waals surface area contributed by atoms with Crippen molar-refractivity contribution in [2.75, 3.05) is 6.54 Å². The van der Waals surface area contributed by atoms with Gasteiger partial charge in [0.1, 0.15) is 12.0 Å². The number of halogens is 2. The van der Waals surface area contributed by atoms with Crippen molar-refractivity contribution in [3.63, 3.8) is 0 Å². The maximum Gasteiger partial charge on any atom is 0.238 e. The SMILES string of the molecule is CC(C)(C)S(=O)(=O)N1C[C@@H](F)C[C@H]1c1cc(F)cc(S(N)(=O)=O)c1. The smallest absolute Gasteiger partial charge is 0.238 e. The standard InChI is InChI=1S/C14H20F2N2O4S2/c1-14(2,3)24(21,22)18-8-11(16)7-13(18)9-4-10(15)6-12(5-9)23(17,19)20/h4-6,11,13H,7-8H2,1-3H3,(H2,17,19,20)/t11-,13-/m0/s1. The Kier molecular flexibility index (Phi) is 4.81. The van der Waals surface area contributed by atoms with Gasteiger partial charge >= 0.3 is 0 Å². The first kappa shape index (κ1) is 19.2. The molecule has 24 heavy (non-hydrogen) atoms. The van der Waals surface area contributed by atoms with Crippen LogP contribution in [-0.4, -0.2) is 38.6 Å². The van der Waals surface area contributed by atoms with E-state index >= 15 is 0 Å². The molecular formula is C14H20F2N2O4S2. The van der Waals surface area contributed by atoms with Gasteiger partial charge in [0.25, 0.3) is 0 Å². The summed E-state index contributed by atoms with van der Waals surface area (Å²) in [6, 6.07) is 1.85. The summed E-state index contributed by atoms with van der Waals surface area (Å²) in [5, 5.41) is 5.01. The zero-order chi connectivity index (χ0) is 18.5. The lowest BCUT2D eigenvalue weighted by molar-refractivity contribution is 0.339. The fourth-order valence-electron chi connectivity index (χ4n) is 2.62. The van der Waals surface area contributed by atoms with Gasteiger partial charge < -0.3 is 0 Å². The van der Waals surface area contributed by atoms with Crippen molar-refractivity contribution >= 4 is 20.0 Å². The Morgan fingerprint density at radius 1 is 1.17 bits per heavy atom. The molecular weight excluding hydrogens is 362 g/mol. The van der Waals surface area contributed by atoms with Crippen LogP contribution in [0.15, 0.2) is 23.1 Å². The van der Waals surface area contributed by atoms with Crippen LogP contribution in [0.3, 0.4) is 0 Å². The molecule has 0 amide bonds. The molecule has 0 bridgehead atoms. The molecule has 2 rings (SSSR count). The van der Waals surface area contributed by atoms with Crippen LogP contribution in [0.25, 0.3) is 0 Å². The third-order valence-electron chi connectivity index (χ3n) is 3.89. The number of primary sulfonamides is 1. The maximum absolute atomic E-state index is 13.9. The van der Waals surface area contributed by atoms with Crippen molar-refractivity contribution in [3.8, 4) is 0 Å². The molecule has 0 aromatic heterocycles. The molecule has 0 unspecified atom stereocenters. The predicted molar refractivity (Wildman–Crippen MR) is 85.4 cm³/mol. The molecule has 0 radical (unpaired) electrons. The average Bonchev–Trinajstić information content (AvgIpc) is 2.78. The molecule has 2 N–H and O–H groups in total. The lowest BCUT2D eigenvalue weighted by atomic mass is 10.1. The summed E-state index contributed by atoms with van der Waals surface area (Å²) in [6.07, 6.45) is -1.60. The molecule has 1 saturated heterocycles. The number of nitrogens with zero attached hydrogens (tertiary/aromatic N) is 1. The second-order valence-electron chi connectivity index (χ2n) is 6.80. The molecule has 6 nitrogen and oxygen atoms in total. The molecule has 1 aliphatic heterocycles. The zero-order valence-electron chi connectivity index (χ0n) is 13.5. The van der Waals surface area contributed by atoms with Crippen LogP contribution in [0, 0.1) is 5.82 Å². The van der Waals surface area contributed by atoms with Crippen molar-refractivity contribution in [1.82, 2.24) is 4.31 Å². The van der Waals surface area contributed by atoms with Crippen molar-refractivity contribution in [1.29, 1.82) is 0 Å². The van der Waals surface area contributed by atoms with Gasteiger partial charge in [0, 0.05) is 13.0 Å². The van der Waals surface area contributed by atoms with Gasteiger partial charge in [0.05, 0.1) is 15.7 Å². The fraction of sp³-hybridized carbons (Fsp3) is 0.571. The van der Waals surface area contributed by atoms with Crippen LogP contribution in [0.2, 0.25) is 0 Å². The van der Waals surface area contributed by atoms with Gasteiger partial charge in [0.2, 0.25) is 20.0 Å². The normalized spacial score (nSPS) is 23.6. The van der Waals surface area contributed by atoms with Gasteiger partial charge in [-0.25, -0.2) is 30.8 Å². The summed E-state index contributed by atoms with van der Waals surface area (Å²) < 4.78 is 75.8. The van der Waals surface area contributed by atoms with Crippen molar-refractivity contribution in [2.24, 2.45) is 5.14 Å². The second-order valence-corrected chi connectivity index (χ2v) is 11.0. The first-order valence-electron chi connectivity index (χ1n) is 7.22. The van der Waals surface area contributed by atoms with Crippen molar-refractivity contribution in [2.45, 2.75) is 49.0 Å². The Bertz CT molecular complexity index is 848. The number of hydrogen-bond donors (Lipinski definition) is 1. The molecule has 2 atom stereocenters. The third kappa shape index (κ3) is 3.61. The van der Waals surface area contributed by atoms with Gasteiger partial charge in [-0.1, -0.05) is 0 Å². The Labute approximate surface area is 140 Å². The number of sulfonamides is 2. The Hall–Kier alpha value is -1.10. The molecule has 0 saturated carbocycles. The summed E-state index contributed by atoms with van der Waals surface area (Å²) in [4.78, 5) is -0.479. The Morgan fingerprint density at radius 3 is 2.25 bits per heavy atom. The van der Waals surface area contributed by atoms with Crippen LogP contribution in [0.5, 0.6) is 0 Å². The highest BCUT2D eigenvalue weighted by atomic mass is 32.2. The van der Waals surface area contributed by atoms with Gasteiger partial charge in [-0.05, 0) is 44.5 Å². The quantitative estimate of drug-likeness (QED) is 0.860. The minimum Gasteiger partial charge on any atom is -0.246 e. The Morgan fingerprint density at radius 2 is 1.75 bits per heavy atom. The number of benzene rings is 1. The van der Waals surface area contributed by atoms with Crippen LogP contribution >= 0.6 is 0 Å². The summed E-state index contributed by atoms with van der Waals surface area (Å²) in [5.74, 6) is -0.882. The van der Waals surface area contributed by atoms with E-state index in [9.17, 15) is 25.6 Å². The zero-order valence-corrected chi connectivity index (χ0v) is 15.2. The third-order valence-corrected chi connectivity index (χ3v) is 7.36. The lowest BCUT2D eigenvalue weighted by Crippen LogP contribution is -2.43. The highest BCUT2D eigenvalue weighted by molar-refractivity contribution is 7.90. The van der Waals surface area contributed by atoms with E-state index in [1.165, 1.54) is 20.8 Å². The minimum absolute atomic E-state index is 0.0620. The first-order valence-corrected chi connectivity index (χ1v) is 10.2. The van der Waals surface area contributed by atoms with E-state index in [1.54, 1.807) is 0 Å². The van der Waals surface area contributed by atoms with E-state index in [0.717, 1.165) is 22.5 Å². The monoisotopic (exact) mass is 382 g/mol. The summed E-state index contributed by atoms with van der Waals surface area (Å²) in [7, 11) is -8.05. The van der Waals surface area contributed by atoms with Crippen LogP contribution < -0.4 is 5.14 Å². The number of alkyl halides is 1. The number of rotatable bonds is 3. The van der Waals surface area contributed by atoms with Gasteiger partial charge in [-0.3, -0.25) is 0 Å². The largest absolute Gasteiger partial charge is 0.246 e. The first-order chi connectivity index (χ1) is 10.7. The number of nitrogens with two attached hydrogens (primary N) is 1. The second kappa shape index (κ2) is 6.01. The van der Waals surface area contributed by atoms with E-state index < -0.39 is 47.7 Å². The average molecular weight is 382 g/mol. The van der Waals surface area contributed by atoms with E-state index in [2.05, 4.69) is 0 Å². The molecule has 136 valence electrons. The lowest BCUT2D eigenvalue weighted by Gasteiger charge is -2.31. The van der Waals surface area contributed by atoms with Gasteiger partial charge in [0.15, 0.2) is 0 Å². The molecule has 1 heterocycles. The molecule has 1 fully saturated rings. The van der Waals surface area contributed by atoms with E-state index in [4.69, 9.17) is 5.14 Å². The van der Waals surface area contributed by atoms with Gasteiger partial charge in [-0.15, -0.1) is 0 Å².